The number of esters is 1. The van der Waals surface area contributed by atoms with E-state index >= 15 is 0 Å². The van der Waals surface area contributed by atoms with E-state index in [0.29, 0.717) is 5.69 Å². The number of nitrogens with one attached hydrogen (secondary N) is 1. The summed E-state index contributed by atoms with van der Waals surface area (Å²) in [7, 11) is 0. The number of nitrogens with two attached hydrogens (primary N) is 2. The van der Waals surface area contributed by atoms with Gasteiger partial charge in [0.2, 0.25) is 5.91 Å². The summed E-state index contributed by atoms with van der Waals surface area (Å²) in [5.74, 6) is -1.88. The monoisotopic (exact) mass is 279 g/mol. The lowest BCUT2D eigenvalue weighted by Gasteiger charge is -2.11. The smallest absolute Gasteiger partial charge is 0.332 e. The number of rotatable bonds is 6. The highest BCUT2D eigenvalue weighted by Crippen LogP contribution is 2.10. The molecule has 7 heteroatoms. The average Bonchev–Trinajstić information content (AvgIpc) is 2.39. The first kappa shape index (κ1) is 15.6. The minimum atomic E-state index is -1.37. The van der Waals surface area contributed by atoms with Gasteiger partial charge in [0.1, 0.15) is 0 Å². The summed E-state index contributed by atoms with van der Waals surface area (Å²) in [6.45, 7) is 1.78. The molecular weight excluding hydrogens is 262 g/mol. The second-order valence-corrected chi connectivity index (χ2v) is 4.06. The van der Waals surface area contributed by atoms with Crippen molar-refractivity contribution in [3.63, 3.8) is 0 Å². The Morgan fingerprint density at radius 2 is 1.85 bits per heavy atom. The van der Waals surface area contributed by atoms with E-state index in [9.17, 15) is 14.4 Å². The maximum Gasteiger partial charge on any atom is 0.332 e. The number of benzene rings is 1. The molecule has 1 unspecified atom stereocenters. The molecule has 2 amide bonds. The molecular formula is C13H17N3O4. The van der Waals surface area contributed by atoms with Crippen molar-refractivity contribution in [1.29, 1.82) is 0 Å². The summed E-state index contributed by atoms with van der Waals surface area (Å²) in [5, 5.41) is 2.48. The van der Waals surface area contributed by atoms with Gasteiger partial charge in [-0.2, -0.15) is 0 Å². The molecule has 108 valence electrons. The summed E-state index contributed by atoms with van der Waals surface area (Å²) in [5.41, 5.74) is 11.7. The van der Waals surface area contributed by atoms with Gasteiger partial charge in [-0.05, 0) is 24.6 Å². The predicted octanol–water partition coefficient (Wildman–Crippen LogP) is -0.457. The molecule has 0 bridgehead atoms. The molecule has 0 radical (unpaired) electrons. The second kappa shape index (κ2) is 7.25. The molecule has 1 aromatic carbocycles. The summed E-state index contributed by atoms with van der Waals surface area (Å²) in [6.07, 6.45) is 0.122. The first-order valence-corrected chi connectivity index (χ1v) is 6.04. The molecule has 1 aromatic rings. The van der Waals surface area contributed by atoms with Crippen LogP contribution in [0.3, 0.4) is 0 Å². The number of carbonyl (C=O) groups excluding carboxylic acids is 3. The van der Waals surface area contributed by atoms with E-state index in [1.54, 1.807) is 31.2 Å². The van der Waals surface area contributed by atoms with Gasteiger partial charge in [0.25, 0.3) is 5.91 Å². The van der Waals surface area contributed by atoms with Gasteiger partial charge < -0.3 is 21.5 Å². The van der Waals surface area contributed by atoms with Gasteiger partial charge in [-0.15, -0.1) is 0 Å². The van der Waals surface area contributed by atoms with Crippen molar-refractivity contribution in [2.24, 2.45) is 11.5 Å². The van der Waals surface area contributed by atoms with E-state index in [0.717, 1.165) is 5.56 Å². The average molecular weight is 279 g/mol. The molecule has 0 heterocycles. The zero-order valence-electron chi connectivity index (χ0n) is 11.1. The molecule has 20 heavy (non-hydrogen) atoms. The number of primary amides is 1. The third-order valence-electron chi connectivity index (χ3n) is 2.42. The molecule has 1 atom stereocenters. The van der Waals surface area contributed by atoms with Crippen molar-refractivity contribution in [1.82, 2.24) is 0 Å². The molecule has 0 spiro atoms. The zero-order chi connectivity index (χ0) is 15.1. The highest BCUT2D eigenvalue weighted by molar-refractivity contribution is 6.08. The minimum absolute atomic E-state index is 0.122. The fourth-order valence-electron chi connectivity index (χ4n) is 1.47. The van der Waals surface area contributed by atoms with Crippen LogP contribution in [0.5, 0.6) is 0 Å². The topological polar surface area (TPSA) is 125 Å². The van der Waals surface area contributed by atoms with Crippen LogP contribution >= 0.6 is 0 Å². The van der Waals surface area contributed by atoms with Gasteiger partial charge in [-0.25, -0.2) is 4.79 Å². The third kappa shape index (κ3) is 4.69. The third-order valence-corrected chi connectivity index (χ3v) is 2.42. The summed E-state index contributed by atoms with van der Waals surface area (Å²) in [4.78, 5) is 33.7. The molecule has 0 aliphatic rings. The number of carbonyl (C=O) groups is 3. The largest absolute Gasteiger partial charge is 0.464 e. The standard InChI is InChI=1S/C13H17N3O4/c1-2-20-13(19)11(15)12(18)16-9-5-3-8(4-6-9)7-10(14)17/h3-6,11H,2,7,15H2,1H3,(H2,14,17)(H,16,18). The fourth-order valence-corrected chi connectivity index (χ4v) is 1.47. The fraction of sp³-hybridized carbons (Fsp3) is 0.308. The van der Waals surface area contributed by atoms with Crippen LogP contribution in [-0.2, 0) is 25.5 Å². The van der Waals surface area contributed by atoms with Crippen LogP contribution in [0.25, 0.3) is 0 Å². The minimum Gasteiger partial charge on any atom is -0.464 e. The molecule has 0 fully saturated rings. The number of hydrogen-bond acceptors (Lipinski definition) is 5. The Kier molecular flexibility index (Phi) is 5.67. The van der Waals surface area contributed by atoms with Gasteiger partial charge >= 0.3 is 5.97 Å². The SMILES string of the molecule is CCOC(=O)C(N)C(=O)Nc1ccc(CC(N)=O)cc1. The van der Waals surface area contributed by atoms with Crippen LogP contribution in [-0.4, -0.2) is 30.4 Å². The molecule has 0 saturated carbocycles. The molecule has 0 aliphatic heterocycles. The number of amides is 2. The number of hydrogen-bond donors (Lipinski definition) is 3. The van der Waals surface area contributed by atoms with Gasteiger partial charge in [0.15, 0.2) is 6.04 Å². The van der Waals surface area contributed by atoms with E-state index in [-0.39, 0.29) is 13.0 Å². The van der Waals surface area contributed by atoms with Crippen LogP contribution in [0.15, 0.2) is 24.3 Å². The lowest BCUT2D eigenvalue weighted by atomic mass is 10.1. The van der Waals surface area contributed by atoms with Gasteiger partial charge in [-0.3, -0.25) is 9.59 Å². The summed E-state index contributed by atoms with van der Waals surface area (Å²) < 4.78 is 4.65. The van der Waals surface area contributed by atoms with Crippen LogP contribution in [0.1, 0.15) is 12.5 Å². The lowest BCUT2D eigenvalue weighted by molar-refractivity contribution is -0.147. The Labute approximate surface area is 116 Å². The molecule has 0 aromatic heterocycles. The van der Waals surface area contributed by atoms with E-state index < -0.39 is 23.8 Å². The normalized spacial score (nSPS) is 11.5. The Balaban J connectivity index is 2.62. The van der Waals surface area contributed by atoms with E-state index in [1.165, 1.54) is 0 Å². The Bertz CT molecular complexity index is 499. The van der Waals surface area contributed by atoms with Crippen molar-refractivity contribution >= 4 is 23.5 Å². The molecule has 1 rings (SSSR count). The first-order chi connectivity index (χ1) is 9.43. The summed E-state index contributed by atoms with van der Waals surface area (Å²) in [6, 6.07) is 5.11. The quantitative estimate of drug-likeness (QED) is 0.480. The van der Waals surface area contributed by atoms with Crippen LogP contribution < -0.4 is 16.8 Å². The first-order valence-electron chi connectivity index (χ1n) is 6.04. The van der Waals surface area contributed by atoms with Gasteiger partial charge in [0, 0.05) is 5.69 Å². The van der Waals surface area contributed by atoms with E-state index in [4.69, 9.17) is 11.5 Å². The molecule has 5 N–H and O–H groups in total. The van der Waals surface area contributed by atoms with Crippen LogP contribution in [0.2, 0.25) is 0 Å². The van der Waals surface area contributed by atoms with Crippen molar-refractivity contribution in [3.05, 3.63) is 29.8 Å². The second-order valence-electron chi connectivity index (χ2n) is 4.06. The Morgan fingerprint density at radius 3 is 2.35 bits per heavy atom. The maximum absolute atomic E-state index is 11.7. The molecule has 7 nitrogen and oxygen atoms in total. The lowest BCUT2D eigenvalue weighted by Crippen LogP contribution is -2.43. The molecule has 0 saturated heterocycles. The van der Waals surface area contributed by atoms with Crippen molar-refractivity contribution < 1.29 is 19.1 Å². The highest BCUT2D eigenvalue weighted by Gasteiger charge is 2.23. The van der Waals surface area contributed by atoms with Crippen molar-refractivity contribution in [2.45, 2.75) is 19.4 Å². The Morgan fingerprint density at radius 1 is 1.25 bits per heavy atom. The van der Waals surface area contributed by atoms with Gasteiger partial charge in [0.05, 0.1) is 13.0 Å². The van der Waals surface area contributed by atoms with Crippen molar-refractivity contribution in [3.8, 4) is 0 Å². The molecule has 0 aliphatic carbocycles. The predicted molar refractivity (Wildman–Crippen MR) is 72.6 cm³/mol. The van der Waals surface area contributed by atoms with E-state index in [1.807, 2.05) is 0 Å². The Hall–Kier alpha value is -2.41. The van der Waals surface area contributed by atoms with Crippen molar-refractivity contribution in [2.75, 3.05) is 11.9 Å². The zero-order valence-corrected chi connectivity index (χ0v) is 11.1. The van der Waals surface area contributed by atoms with Gasteiger partial charge in [-0.1, -0.05) is 12.1 Å². The van der Waals surface area contributed by atoms with Crippen LogP contribution in [0.4, 0.5) is 5.69 Å². The van der Waals surface area contributed by atoms with E-state index in [2.05, 4.69) is 10.1 Å². The van der Waals surface area contributed by atoms with Crippen LogP contribution in [0, 0.1) is 0 Å². The summed E-state index contributed by atoms with van der Waals surface area (Å²) >= 11 is 0. The number of anilines is 1. The highest BCUT2D eigenvalue weighted by atomic mass is 16.5. The number of ether oxygens (including phenoxy) is 1. The maximum atomic E-state index is 11.7.